The molecule has 9 rings (SSSR count). The van der Waals surface area contributed by atoms with Crippen LogP contribution < -0.4 is 56.8 Å². The van der Waals surface area contributed by atoms with Crippen molar-refractivity contribution in [2.24, 2.45) is 0 Å². The summed E-state index contributed by atoms with van der Waals surface area (Å²) in [6.45, 7) is 0. The van der Waals surface area contributed by atoms with Crippen molar-refractivity contribution in [1.29, 1.82) is 0 Å². The highest BCUT2D eigenvalue weighted by Gasteiger charge is 2.39. The summed E-state index contributed by atoms with van der Waals surface area (Å²) in [6.07, 6.45) is -0.511. The van der Waals surface area contributed by atoms with Crippen LogP contribution in [0.5, 0.6) is 69.0 Å². The van der Waals surface area contributed by atoms with Crippen molar-refractivity contribution in [2.45, 2.75) is 25.0 Å². The fraction of sp³-hybridized carbons (Fsp3) is 0.310. The highest BCUT2D eigenvalue weighted by atomic mass is 16.6. The first kappa shape index (κ1) is 52.4. The van der Waals surface area contributed by atoms with Gasteiger partial charge >= 0.3 is 0 Å². The van der Waals surface area contributed by atoms with Gasteiger partial charge in [0, 0.05) is 58.5 Å². The summed E-state index contributed by atoms with van der Waals surface area (Å²) in [7, 11) is 22.2. The molecule has 0 radical (unpaired) electrons. The van der Waals surface area contributed by atoms with E-state index in [9.17, 15) is 0 Å². The summed E-state index contributed by atoms with van der Waals surface area (Å²) >= 11 is 0. The largest absolute Gasteiger partial charge is 0.493 e. The van der Waals surface area contributed by atoms with Gasteiger partial charge in [0.05, 0.1) is 108 Å². The second-order valence-electron chi connectivity index (χ2n) is 17.4. The van der Waals surface area contributed by atoms with E-state index in [1.807, 2.05) is 72.8 Å². The minimum absolute atomic E-state index is 0.418. The Morgan fingerprint density at radius 3 is 0.776 bits per heavy atom. The van der Waals surface area contributed by atoms with Crippen LogP contribution in [0.15, 0.2) is 72.8 Å². The lowest BCUT2D eigenvalue weighted by Gasteiger charge is -2.21. The minimum atomic E-state index is -0.793. The van der Waals surface area contributed by atoms with Gasteiger partial charge < -0.3 is 76.3 Å². The number of aryl methyl sites for hydroxylation is 2. The molecule has 0 saturated carbocycles. The number of H-pyrrole nitrogens is 2. The molecule has 2 N–H and O–H groups in total. The second-order valence-corrected chi connectivity index (χ2v) is 17.4. The molecule has 2 aliphatic heterocycles. The average molecular weight is 1040 g/mol. The predicted molar refractivity (Wildman–Crippen MR) is 288 cm³/mol. The molecule has 4 aromatic carbocycles. The number of methoxy groups -OCH3 is 14. The fourth-order valence-corrected chi connectivity index (χ4v) is 10.4. The SMILES string of the molecule is COc1cc(-c2c3nc(c(-c4cc(OC)c(OC)c(OC)c4)c4ccc([nH]4)c(-c4cc(OC)c(OC)c(OC)c4)c4nc(c(-c5cc(OC)c(OC)c(OC)c5)c5ccc2[nH]5)[C@@H](OC)[C@H]4OC)CC3)cc(OC)c1OC. The summed E-state index contributed by atoms with van der Waals surface area (Å²) in [5.41, 5.74) is 11.1. The van der Waals surface area contributed by atoms with Crippen molar-refractivity contribution in [1.82, 2.24) is 19.9 Å². The Labute approximate surface area is 440 Å². The van der Waals surface area contributed by atoms with Gasteiger partial charge in [-0.25, -0.2) is 0 Å². The topological polar surface area (TPSA) is 187 Å². The van der Waals surface area contributed by atoms with E-state index >= 15 is 0 Å². The van der Waals surface area contributed by atoms with Crippen LogP contribution in [0.2, 0.25) is 0 Å². The zero-order valence-electron chi connectivity index (χ0n) is 45.1. The Morgan fingerprint density at radius 2 is 0.553 bits per heavy atom. The molecule has 7 aromatic rings. The molecule has 18 heteroatoms. The van der Waals surface area contributed by atoms with E-state index in [0.717, 1.165) is 44.7 Å². The van der Waals surface area contributed by atoms with Crippen LogP contribution in [0.1, 0.15) is 35.0 Å². The van der Waals surface area contributed by atoms with E-state index in [-0.39, 0.29) is 0 Å². The number of rotatable bonds is 18. The molecule has 0 aliphatic carbocycles. The number of hydrogen-bond donors (Lipinski definition) is 2. The molecule has 0 amide bonds. The van der Waals surface area contributed by atoms with Crippen LogP contribution in [0.3, 0.4) is 0 Å². The summed E-state index contributed by atoms with van der Waals surface area (Å²) in [4.78, 5) is 18.9. The summed E-state index contributed by atoms with van der Waals surface area (Å²) in [5, 5.41) is 0. The zero-order valence-corrected chi connectivity index (χ0v) is 45.1. The quantitative estimate of drug-likeness (QED) is 0.0826. The number of fused-ring (bicyclic) bond motifs is 8. The Balaban J connectivity index is 1.57. The van der Waals surface area contributed by atoms with Gasteiger partial charge in [-0.15, -0.1) is 0 Å². The van der Waals surface area contributed by atoms with Gasteiger partial charge in [0.2, 0.25) is 23.0 Å². The lowest BCUT2D eigenvalue weighted by atomic mass is 9.96. The highest BCUT2D eigenvalue weighted by Crippen LogP contribution is 2.52. The van der Waals surface area contributed by atoms with E-state index in [1.54, 1.807) is 99.5 Å². The number of nitrogens with one attached hydrogen (secondary N) is 2. The molecule has 398 valence electrons. The molecule has 18 nitrogen and oxygen atoms in total. The van der Waals surface area contributed by atoms with Crippen molar-refractivity contribution < 1.29 is 66.3 Å². The first-order chi connectivity index (χ1) is 37.0. The fourth-order valence-electron chi connectivity index (χ4n) is 10.4. The predicted octanol–water partition coefficient (Wildman–Crippen LogP) is 10.9. The molecule has 0 unspecified atom stereocenters. The van der Waals surface area contributed by atoms with Crippen LogP contribution in [0.25, 0.3) is 66.6 Å². The van der Waals surface area contributed by atoms with Gasteiger partial charge in [0.1, 0.15) is 12.2 Å². The maximum Gasteiger partial charge on any atom is 0.203 e. The number of hydrogen-bond acceptors (Lipinski definition) is 16. The highest BCUT2D eigenvalue weighted by molar-refractivity contribution is 5.94. The van der Waals surface area contributed by atoms with Crippen LogP contribution in [-0.4, -0.2) is 119 Å². The molecular weight excluding hydrogens is 977 g/mol. The molecule has 2 atom stereocenters. The number of benzene rings is 4. The van der Waals surface area contributed by atoms with Gasteiger partial charge in [0.15, 0.2) is 46.0 Å². The minimum Gasteiger partial charge on any atom is -0.493 e. The molecule has 5 heterocycles. The lowest BCUT2D eigenvalue weighted by Crippen LogP contribution is -2.11. The third-order valence-electron chi connectivity index (χ3n) is 13.8. The molecule has 76 heavy (non-hydrogen) atoms. The van der Waals surface area contributed by atoms with E-state index in [4.69, 9.17) is 76.3 Å². The zero-order chi connectivity index (χ0) is 53.9. The summed E-state index contributed by atoms with van der Waals surface area (Å²) in [6, 6.07) is 23.3. The first-order valence-corrected chi connectivity index (χ1v) is 24.1. The third-order valence-corrected chi connectivity index (χ3v) is 13.8. The first-order valence-electron chi connectivity index (χ1n) is 24.1. The lowest BCUT2D eigenvalue weighted by molar-refractivity contribution is -0.0325. The number of aromatic nitrogens is 4. The van der Waals surface area contributed by atoms with Crippen molar-refractivity contribution in [3.8, 4) is 114 Å². The van der Waals surface area contributed by atoms with Crippen LogP contribution >= 0.6 is 0 Å². The van der Waals surface area contributed by atoms with E-state index < -0.39 is 12.2 Å². The molecule has 8 bridgehead atoms. The molecule has 2 aliphatic rings. The van der Waals surface area contributed by atoms with Gasteiger partial charge in [-0.3, -0.25) is 9.97 Å². The maximum atomic E-state index is 6.52. The number of nitrogens with zero attached hydrogens (tertiary/aromatic N) is 2. The van der Waals surface area contributed by atoms with Gasteiger partial charge in [-0.05, 0) is 108 Å². The van der Waals surface area contributed by atoms with Gasteiger partial charge in [-0.2, -0.15) is 0 Å². The van der Waals surface area contributed by atoms with Crippen molar-refractivity contribution in [2.75, 3.05) is 99.5 Å². The van der Waals surface area contributed by atoms with E-state index in [2.05, 4.69) is 9.97 Å². The Morgan fingerprint density at radius 1 is 0.316 bits per heavy atom. The number of aromatic amines is 2. The molecule has 3 aromatic heterocycles. The van der Waals surface area contributed by atoms with Crippen LogP contribution in [0, 0.1) is 0 Å². The van der Waals surface area contributed by atoms with Gasteiger partial charge in [-0.1, -0.05) is 0 Å². The van der Waals surface area contributed by atoms with E-state index in [1.165, 1.54) is 0 Å². The molecule has 0 saturated heterocycles. The van der Waals surface area contributed by atoms with E-state index in [0.29, 0.717) is 127 Å². The normalized spacial score (nSPS) is 13.9. The maximum absolute atomic E-state index is 6.52. The standard InChI is InChI=1S/C58H62N4O14/c1-63-39-21-29(22-40(64-2)53(39)71-9)47-33-15-16-34(59-33)48(30-23-41(65-3)54(72-10)42(24-30)66-4)36-18-20-38(61-36)50(32-27-45(69-7)56(74-12)46(28-32)70-8)52-58(76-14)57(75-13)51(62-52)49(37-19-17-35(47)60-37)31-25-43(67-5)55(73-11)44(26-31)68-6/h17-28,57-58,60-61H,15-16H2,1-14H3/t57-,58+. The van der Waals surface area contributed by atoms with Crippen LogP contribution in [0.4, 0.5) is 0 Å². The average Bonchev–Trinajstić information content (AvgIpc) is 4.35. The van der Waals surface area contributed by atoms with Crippen molar-refractivity contribution in [3.05, 3.63) is 95.6 Å². The summed E-state index contributed by atoms with van der Waals surface area (Å²) in [5.74, 6) is 5.32. The second kappa shape index (κ2) is 22.2. The third kappa shape index (κ3) is 8.96. The molecular formula is C58H62N4O14. The summed E-state index contributed by atoms with van der Waals surface area (Å²) < 4.78 is 84.0. The van der Waals surface area contributed by atoms with Gasteiger partial charge in [0.25, 0.3) is 0 Å². The Bertz CT molecular complexity index is 3170. The molecule has 0 fully saturated rings. The smallest absolute Gasteiger partial charge is 0.203 e. The Kier molecular flexibility index (Phi) is 15.3. The van der Waals surface area contributed by atoms with Crippen molar-refractivity contribution in [3.63, 3.8) is 0 Å². The Hall–Kier alpha value is -8.48. The molecule has 0 spiro atoms. The van der Waals surface area contributed by atoms with Crippen molar-refractivity contribution >= 4 is 22.1 Å². The number of ether oxygens (including phenoxy) is 14. The van der Waals surface area contributed by atoms with Crippen LogP contribution in [-0.2, 0) is 22.3 Å². The monoisotopic (exact) mass is 1040 g/mol.